The average Bonchev–Trinajstić information content (AvgIpc) is 2.73. The Morgan fingerprint density at radius 3 is 2.30 bits per heavy atom. The zero-order valence-corrected chi connectivity index (χ0v) is 20.8. The molecule has 6 nitrogen and oxygen atoms in total. The van der Waals surface area contributed by atoms with Gasteiger partial charge in [-0.1, -0.05) is 0 Å². The second-order valence-electron chi connectivity index (χ2n) is 9.17. The number of nitrogens with zero attached hydrogens (tertiary/aromatic N) is 3. The zero-order chi connectivity index (χ0) is 21.9. The minimum absolute atomic E-state index is 0.226. The molecule has 0 aromatic heterocycles. The normalized spacial score (nSPS) is 23.3. The average molecular weight is 440 g/mol. The Kier molecular flexibility index (Phi) is 11.4. The largest absolute Gasteiger partial charge is 0.357 e. The van der Waals surface area contributed by atoms with Crippen LogP contribution in [0.3, 0.4) is 0 Å². The van der Waals surface area contributed by atoms with Crippen molar-refractivity contribution in [3.63, 3.8) is 0 Å². The van der Waals surface area contributed by atoms with Crippen LogP contribution < -0.4 is 10.6 Å². The van der Waals surface area contributed by atoms with Crippen LogP contribution in [-0.2, 0) is 4.79 Å². The molecule has 1 heterocycles. The van der Waals surface area contributed by atoms with Crippen LogP contribution in [-0.4, -0.2) is 84.0 Å². The standard InChI is InChI=1S/C23H45N5OS/c1-6-24-23(25-12-7-13-28(18(2)3)19(4)5)26-21-10-8-20(9-11-21)22(29)27-14-16-30-17-15-27/h18-21H,6-17H2,1-5H3,(H2,24,25,26). The number of guanidine groups is 1. The predicted octanol–water partition coefficient (Wildman–Crippen LogP) is 3.18. The molecule has 1 saturated carbocycles. The van der Waals surface area contributed by atoms with E-state index in [1.807, 2.05) is 11.8 Å². The van der Waals surface area contributed by atoms with Crippen LogP contribution in [0.4, 0.5) is 0 Å². The van der Waals surface area contributed by atoms with Gasteiger partial charge in [-0.3, -0.25) is 14.7 Å². The molecular formula is C23H45N5OS. The van der Waals surface area contributed by atoms with Gasteiger partial charge in [-0.25, -0.2) is 0 Å². The fourth-order valence-corrected chi connectivity index (χ4v) is 5.50. The molecule has 0 atom stereocenters. The third kappa shape index (κ3) is 8.29. The van der Waals surface area contributed by atoms with Gasteiger partial charge >= 0.3 is 0 Å². The minimum atomic E-state index is 0.226. The van der Waals surface area contributed by atoms with E-state index >= 15 is 0 Å². The van der Waals surface area contributed by atoms with Gasteiger partial charge in [-0.15, -0.1) is 0 Å². The summed E-state index contributed by atoms with van der Waals surface area (Å²) in [5.74, 6) is 3.74. The van der Waals surface area contributed by atoms with Gasteiger partial charge in [0.25, 0.3) is 0 Å². The van der Waals surface area contributed by atoms with E-state index in [1.165, 1.54) is 0 Å². The number of thioether (sulfide) groups is 1. The van der Waals surface area contributed by atoms with Crippen LogP contribution in [0.1, 0.15) is 66.7 Å². The molecule has 1 aliphatic carbocycles. The molecule has 0 aromatic rings. The third-order valence-electron chi connectivity index (χ3n) is 6.26. The molecule has 0 bridgehead atoms. The molecule has 2 N–H and O–H groups in total. The number of carbonyl (C=O) groups excluding carboxylic acids is 1. The van der Waals surface area contributed by atoms with E-state index in [4.69, 9.17) is 4.99 Å². The highest BCUT2D eigenvalue weighted by Crippen LogP contribution is 2.27. The fraction of sp³-hybridized carbons (Fsp3) is 0.913. The van der Waals surface area contributed by atoms with Crippen LogP contribution in [0.2, 0.25) is 0 Å². The summed E-state index contributed by atoms with van der Waals surface area (Å²) in [7, 11) is 0. The topological polar surface area (TPSA) is 60.0 Å². The molecule has 1 amide bonds. The maximum atomic E-state index is 12.8. The van der Waals surface area contributed by atoms with Crippen LogP contribution in [0.15, 0.2) is 4.99 Å². The van der Waals surface area contributed by atoms with E-state index < -0.39 is 0 Å². The van der Waals surface area contributed by atoms with E-state index in [-0.39, 0.29) is 5.92 Å². The molecule has 1 saturated heterocycles. The van der Waals surface area contributed by atoms with Crippen molar-refractivity contribution in [2.24, 2.45) is 10.9 Å². The molecule has 0 aromatic carbocycles. The molecule has 174 valence electrons. The summed E-state index contributed by atoms with van der Waals surface area (Å²) < 4.78 is 0. The number of amides is 1. The molecule has 7 heteroatoms. The number of rotatable bonds is 9. The molecule has 1 aliphatic heterocycles. The van der Waals surface area contributed by atoms with Gasteiger partial charge in [-0.05, 0) is 66.7 Å². The fourth-order valence-electron chi connectivity index (χ4n) is 4.60. The molecule has 0 spiro atoms. The van der Waals surface area contributed by atoms with Gasteiger partial charge in [0.1, 0.15) is 0 Å². The van der Waals surface area contributed by atoms with E-state index in [0.717, 1.165) is 82.3 Å². The lowest BCUT2D eigenvalue weighted by molar-refractivity contribution is -0.136. The van der Waals surface area contributed by atoms with Crippen molar-refractivity contribution in [2.75, 3.05) is 44.2 Å². The summed E-state index contributed by atoms with van der Waals surface area (Å²) in [5.41, 5.74) is 0. The van der Waals surface area contributed by atoms with Gasteiger partial charge in [-0.2, -0.15) is 11.8 Å². The maximum Gasteiger partial charge on any atom is 0.225 e. The first-order valence-electron chi connectivity index (χ1n) is 12.1. The van der Waals surface area contributed by atoms with Gasteiger partial charge in [0.15, 0.2) is 5.96 Å². The Balaban J connectivity index is 1.75. The van der Waals surface area contributed by atoms with E-state index in [9.17, 15) is 4.79 Å². The van der Waals surface area contributed by atoms with Crippen molar-refractivity contribution in [3.05, 3.63) is 0 Å². The lowest BCUT2D eigenvalue weighted by Crippen LogP contribution is -2.47. The molecule has 2 rings (SSSR count). The van der Waals surface area contributed by atoms with E-state index in [2.05, 4.69) is 55.1 Å². The Morgan fingerprint density at radius 1 is 1.10 bits per heavy atom. The zero-order valence-electron chi connectivity index (χ0n) is 20.0. The Morgan fingerprint density at radius 2 is 1.73 bits per heavy atom. The quantitative estimate of drug-likeness (QED) is 0.328. The number of aliphatic imine (C=N–C) groups is 1. The molecule has 2 aliphatic rings. The Bertz CT molecular complexity index is 518. The van der Waals surface area contributed by atoms with Crippen LogP contribution in [0.5, 0.6) is 0 Å². The molecule has 2 fully saturated rings. The van der Waals surface area contributed by atoms with E-state index in [0.29, 0.717) is 24.0 Å². The van der Waals surface area contributed by atoms with Crippen LogP contribution in [0.25, 0.3) is 0 Å². The Labute approximate surface area is 189 Å². The molecule has 0 unspecified atom stereocenters. The van der Waals surface area contributed by atoms with E-state index in [1.54, 1.807) is 0 Å². The Hall–Kier alpha value is -0.950. The minimum Gasteiger partial charge on any atom is -0.357 e. The first kappa shape index (κ1) is 25.3. The van der Waals surface area contributed by atoms with Crippen LogP contribution in [0, 0.1) is 5.92 Å². The van der Waals surface area contributed by atoms with Crippen molar-refractivity contribution < 1.29 is 4.79 Å². The maximum absolute atomic E-state index is 12.8. The molecular weight excluding hydrogens is 394 g/mol. The molecule has 30 heavy (non-hydrogen) atoms. The monoisotopic (exact) mass is 439 g/mol. The number of hydrogen-bond donors (Lipinski definition) is 2. The SMILES string of the molecule is CCNC(=NCCCN(C(C)C)C(C)C)NC1CCC(C(=O)N2CCSCC2)CC1. The summed E-state index contributed by atoms with van der Waals surface area (Å²) in [6, 6.07) is 1.57. The van der Waals surface area contributed by atoms with Crippen molar-refractivity contribution in [1.29, 1.82) is 0 Å². The smallest absolute Gasteiger partial charge is 0.225 e. The number of hydrogen-bond acceptors (Lipinski definition) is 4. The molecule has 0 radical (unpaired) electrons. The first-order chi connectivity index (χ1) is 14.4. The lowest BCUT2D eigenvalue weighted by atomic mass is 9.85. The predicted molar refractivity (Wildman–Crippen MR) is 130 cm³/mol. The summed E-state index contributed by atoms with van der Waals surface area (Å²) in [6.45, 7) is 15.8. The van der Waals surface area contributed by atoms with Gasteiger partial charge < -0.3 is 15.5 Å². The lowest BCUT2D eigenvalue weighted by Gasteiger charge is -2.34. The summed E-state index contributed by atoms with van der Waals surface area (Å²) in [4.78, 5) is 22.2. The summed E-state index contributed by atoms with van der Waals surface area (Å²) in [5, 5.41) is 7.02. The number of carbonyl (C=O) groups is 1. The van der Waals surface area contributed by atoms with Gasteiger partial charge in [0.05, 0.1) is 0 Å². The van der Waals surface area contributed by atoms with Crippen molar-refractivity contribution in [3.8, 4) is 0 Å². The van der Waals surface area contributed by atoms with Gasteiger partial charge in [0.2, 0.25) is 5.91 Å². The van der Waals surface area contributed by atoms with Crippen molar-refractivity contribution in [1.82, 2.24) is 20.4 Å². The van der Waals surface area contributed by atoms with Gasteiger partial charge in [0, 0.05) is 68.3 Å². The summed E-state index contributed by atoms with van der Waals surface area (Å²) >= 11 is 1.96. The number of nitrogens with one attached hydrogen (secondary N) is 2. The van der Waals surface area contributed by atoms with Crippen molar-refractivity contribution in [2.45, 2.75) is 84.8 Å². The summed E-state index contributed by atoms with van der Waals surface area (Å²) in [6.07, 6.45) is 5.17. The highest BCUT2D eigenvalue weighted by Gasteiger charge is 2.30. The second-order valence-corrected chi connectivity index (χ2v) is 10.4. The van der Waals surface area contributed by atoms with Crippen molar-refractivity contribution >= 4 is 23.6 Å². The second kappa shape index (κ2) is 13.5. The van der Waals surface area contributed by atoms with Crippen LogP contribution >= 0.6 is 11.8 Å². The highest BCUT2D eigenvalue weighted by molar-refractivity contribution is 7.99. The first-order valence-corrected chi connectivity index (χ1v) is 13.2. The highest BCUT2D eigenvalue weighted by atomic mass is 32.2. The third-order valence-corrected chi connectivity index (χ3v) is 7.20.